The second-order valence-electron chi connectivity index (χ2n) is 7.26. The number of aromatic nitrogens is 2. The number of fused-ring (bicyclic) bond motifs is 1. The van der Waals surface area contributed by atoms with Crippen LogP contribution >= 0.6 is 0 Å². The van der Waals surface area contributed by atoms with Crippen LogP contribution in [-0.2, 0) is 0 Å². The molecule has 0 radical (unpaired) electrons. The molecule has 1 spiro atoms. The fourth-order valence-corrected chi connectivity index (χ4v) is 4.00. The highest BCUT2D eigenvalue weighted by Gasteiger charge is 2.49. The molecule has 142 valence electrons. The predicted octanol–water partition coefficient (Wildman–Crippen LogP) is 2.84. The van der Waals surface area contributed by atoms with Crippen LogP contribution in [0.2, 0.25) is 0 Å². The summed E-state index contributed by atoms with van der Waals surface area (Å²) in [5.41, 5.74) is 6.89. The summed E-state index contributed by atoms with van der Waals surface area (Å²) in [6.07, 6.45) is 5.21. The van der Waals surface area contributed by atoms with Crippen LogP contribution in [0.3, 0.4) is 0 Å². The van der Waals surface area contributed by atoms with Crippen LogP contribution in [0.25, 0.3) is 0 Å². The average molecular weight is 368 g/mol. The summed E-state index contributed by atoms with van der Waals surface area (Å²) in [4.78, 5) is 15.4. The number of likely N-dealkylation sites (N-methyl/N-ethyl adjacent to an activating group) is 1. The van der Waals surface area contributed by atoms with Crippen molar-refractivity contribution in [2.45, 2.75) is 25.3 Å². The number of nitrogens with two attached hydrogens (primary N) is 1. The van der Waals surface area contributed by atoms with E-state index >= 15 is 0 Å². The Balaban J connectivity index is 1.59. The maximum Gasteiger partial charge on any atom is 0.229 e. The number of hydrogen-bond acceptors (Lipinski definition) is 7. The maximum absolute atomic E-state index is 5.94. The number of ether oxygens (including phenoxy) is 2. The first-order valence-electron chi connectivity index (χ1n) is 8.97. The summed E-state index contributed by atoms with van der Waals surface area (Å²) in [5.74, 6) is 3.38. The van der Waals surface area contributed by atoms with Gasteiger partial charge in [-0.05, 0) is 30.9 Å². The lowest BCUT2D eigenvalue weighted by atomic mass is 9.68. The minimum atomic E-state index is 0.0587. The van der Waals surface area contributed by atoms with Crippen molar-refractivity contribution < 1.29 is 9.47 Å². The molecule has 4 rings (SSSR count). The van der Waals surface area contributed by atoms with E-state index < -0.39 is 0 Å². The zero-order valence-electron chi connectivity index (χ0n) is 15.8. The van der Waals surface area contributed by atoms with Crippen molar-refractivity contribution in [3.8, 4) is 11.5 Å². The van der Waals surface area contributed by atoms with Crippen LogP contribution in [0.1, 0.15) is 19.8 Å². The van der Waals surface area contributed by atoms with Gasteiger partial charge in [0.15, 0.2) is 11.6 Å². The Morgan fingerprint density at radius 3 is 2.96 bits per heavy atom. The van der Waals surface area contributed by atoms with Gasteiger partial charge in [0.2, 0.25) is 5.95 Å². The number of rotatable bonds is 4. The van der Waals surface area contributed by atoms with Gasteiger partial charge in [0.05, 0.1) is 25.2 Å². The zero-order chi connectivity index (χ0) is 19.0. The molecule has 0 amide bonds. The molecule has 1 fully saturated rings. The van der Waals surface area contributed by atoms with E-state index in [4.69, 9.17) is 20.2 Å². The van der Waals surface area contributed by atoms with Crippen molar-refractivity contribution in [2.75, 3.05) is 31.0 Å². The second-order valence-corrected chi connectivity index (χ2v) is 7.26. The predicted molar refractivity (Wildman–Crippen MR) is 106 cm³/mol. The summed E-state index contributed by atoms with van der Waals surface area (Å²) in [5, 5.41) is 3.22. The monoisotopic (exact) mass is 368 g/mol. The zero-order valence-corrected chi connectivity index (χ0v) is 15.8. The molecule has 0 bridgehead atoms. The fraction of sp³-hybridized carbons (Fsp3) is 0.421. The third-order valence-corrected chi connectivity index (χ3v) is 5.37. The molecule has 27 heavy (non-hydrogen) atoms. The van der Waals surface area contributed by atoms with Crippen LogP contribution < -0.4 is 25.4 Å². The highest BCUT2D eigenvalue weighted by molar-refractivity contribution is 5.69. The lowest BCUT2D eigenvalue weighted by Gasteiger charge is -2.54. The Kier molecular flexibility index (Phi) is 4.25. The van der Waals surface area contributed by atoms with E-state index in [-0.39, 0.29) is 5.54 Å². The van der Waals surface area contributed by atoms with Crippen LogP contribution in [0, 0.1) is 5.92 Å². The number of anilines is 3. The van der Waals surface area contributed by atoms with Gasteiger partial charge < -0.3 is 25.4 Å². The lowest BCUT2D eigenvalue weighted by molar-refractivity contribution is 0.0751. The first-order chi connectivity index (χ1) is 13.0. The van der Waals surface area contributed by atoms with E-state index in [0.717, 1.165) is 36.0 Å². The standard InChI is InChI=1S/C19H24N6O2/c1-12-7-19(8-12)10-27-16-9-21-18(24-17(16)25(19)2)23-13-4-5-14(22-11-20)15(6-13)26-3/h4-6,9,11-12H,7-8,10H2,1-3H3,(H2,20,22)(H,21,23,24). The molecule has 0 atom stereocenters. The molecule has 3 N–H and O–H groups in total. The number of aliphatic imine (C=N–C) groups is 1. The van der Waals surface area contributed by atoms with Gasteiger partial charge >= 0.3 is 0 Å². The van der Waals surface area contributed by atoms with Crippen molar-refractivity contribution >= 4 is 29.5 Å². The average Bonchev–Trinajstić information content (AvgIpc) is 2.65. The molecule has 8 heteroatoms. The van der Waals surface area contributed by atoms with Gasteiger partial charge in [-0.1, -0.05) is 6.92 Å². The van der Waals surface area contributed by atoms with Crippen LogP contribution in [-0.4, -0.2) is 42.6 Å². The third kappa shape index (κ3) is 3.01. The number of nitrogens with one attached hydrogen (secondary N) is 1. The molecular weight excluding hydrogens is 344 g/mol. The van der Waals surface area contributed by atoms with E-state index in [1.54, 1.807) is 13.3 Å². The molecule has 8 nitrogen and oxygen atoms in total. The number of hydrogen-bond donors (Lipinski definition) is 2. The summed E-state index contributed by atoms with van der Waals surface area (Å²) < 4.78 is 11.3. The molecule has 1 aromatic carbocycles. The Morgan fingerprint density at radius 1 is 1.44 bits per heavy atom. The lowest BCUT2D eigenvalue weighted by Crippen LogP contribution is -2.61. The van der Waals surface area contributed by atoms with Gasteiger partial charge in [-0.25, -0.2) is 9.98 Å². The minimum absolute atomic E-state index is 0.0587. The van der Waals surface area contributed by atoms with Crippen LogP contribution in [0.4, 0.5) is 23.1 Å². The second kappa shape index (κ2) is 6.61. The van der Waals surface area contributed by atoms with Gasteiger partial charge in [-0.2, -0.15) is 4.98 Å². The molecule has 2 heterocycles. The first-order valence-corrected chi connectivity index (χ1v) is 8.97. The van der Waals surface area contributed by atoms with Gasteiger partial charge in [0.1, 0.15) is 18.0 Å². The van der Waals surface area contributed by atoms with Crippen molar-refractivity contribution in [1.82, 2.24) is 9.97 Å². The highest BCUT2D eigenvalue weighted by atomic mass is 16.5. The van der Waals surface area contributed by atoms with Crippen LogP contribution in [0.5, 0.6) is 11.5 Å². The number of benzene rings is 1. The smallest absolute Gasteiger partial charge is 0.229 e. The van der Waals surface area contributed by atoms with Crippen molar-refractivity contribution in [1.29, 1.82) is 0 Å². The molecular formula is C19H24N6O2. The summed E-state index contributed by atoms with van der Waals surface area (Å²) in [6, 6.07) is 5.53. The normalized spacial score (nSPS) is 23.7. The molecule has 1 aromatic heterocycles. The van der Waals surface area contributed by atoms with E-state index in [1.165, 1.54) is 6.34 Å². The Hall–Kier alpha value is -3.03. The Labute approximate surface area is 158 Å². The summed E-state index contributed by atoms with van der Waals surface area (Å²) in [7, 11) is 3.68. The van der Waals surface area contributed by atoms with Gasteiger partial charge in [-0.3, -0.25) is 0 Å². The molecule has 1 aliphatic carbocycles. The van der Waals surface area contributed by atoms with Crippen molar-refractivity contribution in [2.24, 2.45) is 16.6 Å². The molecule has 0 saturated heterocycles. The topological polar surface area (TPSA) is 97.9 Å². The van der Waals surface area contributed by atoms with E-state index in [0.29, 0.717) is 24.0 Å². The van der Waals surface area contributed by atoms with Gasteiger partial charge in [0.25, 0.3) is 0 Å². The van der Waals surface area contributed by atoms with Crippen molar-refractivity contribution in [3.63, 3.8) is 0 Å². The molecule has 0 unspecified atom stereocenters. The maximum atomic E-state index is 5.94. The largest absolute Gasteiger partial charge is 0.494 e. The van der Waals surface area contributed by atoms with E-state index in [1.807, 2.05) is 18.2 Å². The van der Waals surface area contributed by atoms with Gasteiger partial charge in [0, 0.05) is 18.8 Å². The molecule has 2 aromatic rings. The number of methoxy groups -OCH3 is 1. The summed E-state index contributed by atoms with van der Waals surface area (Å²) in [6.45, 7) is 2.96. The molecule has 1 aliphatic heterocycles. The quantitative estimate of drug-likeness (QED) is 0.632. The third-order valence-electron chi connectivity index (χ3n) is 5.37. The van der Waals surface area contributed by atoms with E-state index in [9.17, 15) is 0 Å². The highest BCUT2D eigenvalue weighted by Crippen LogP contribution is 2.48. The summed E-state index contributed by atoms with van der Waals surface area (Å²) >= 11 is 0. The first kappa shape index (κ1) is 17.4. The Bertz CT molecular complexity index is 878. The van der Waals surface area contributed by atoms with Gasteiger partial charge in [-0.15, -0.1) is 0 Å². The Morgan fingerprint density at radius 2 is 2.26 bits per heavy atom. The van der Waals surface area contributed by atoms with E-state index in [2.05, 4.69) is 34.2 Å². The fourth-order valence-electron chi connectivity index (χ4n) is 4.00. The van der Waals surface area contributed by atoms with Crippen molar-refractivity contribution in [3.05, 3.63) is 24.4 Å². The van der Waals surface area contributed by atoms with Crippen LogP contribution in [0.15, 0.2) is 29.4 Å². The molecule has 2 aliphatic rings. The minimum Gasteiger partial charge on any atom is -0.494 e. The molecule has 1 saturated carbocycles. The number of nitrogens with zero attached hydrogens (tertiary/aromatic N) is 4. The SMILES string of the molecule is COc1cc(Nc2ncc3c(n2)N(C)C2(CO3)CC(C)C2)ccc1N=CN.